The number of rotatable bonds is 2. The van der Waals surface area contributed by atoms with Gasteiger partial charge in [0.25, 0.3) is 0 Å². The van der Waals surface area contributed by atoms with Gasteiger partial charge in [-0.2, -0.15) is 5.10 Å². The number of urea groups is 1. The van der Waals surface area contributed by atoms with Crippen molar-refractivity contribution in [3.63, 3.8) is 0 Å². The van der Waals surface area contributed by atoms with Gasteiger partial charge < -0.3 is 5.32 Å². The molecule has 0 unspecified atom stereocenters. The Balaban J connectivity index is 2.68. The number of hydrazone groups is 1. The van der Waals surface area contributed by atoms with Crippen molar-refractivity contribution in [3.05, 3.63) is 29.8 Å². The Morgan fingerprint density at radius 1 is 1.33 bits per heavy atom. The fourth-order valence-electron chi connectivity index (χ4n) is 0.908. The van der Waals surface area contributed by atoms with Gasteiger partial charge in [0.05, 0.1) is 0 Å². The fraction of sp³-hybridized carbons (Fsp3) is 0.111. The van der Waals surface area contributed by atoms with Crippen LogP contribution in [0.3, 0.4) is 0 Å². The van der Waals surface area contributed by atoms with Crippen LogP contribution in [0.25, 0.3) is 0 Å². The molecule has 2 N–H and O–H groups in total. The summed E-state index contributed by atoms with van der Waals surface area (Å²) in [6.07, 6.45) is 1.37. The number of nitrogens with zero attached hydrogens (tertiary/aromatic N) is 1. The summed E-state index contributed by atoms with van der Waals surface area (Å²) in [5.41, 5.74) is 2.12. The SMILES string of the molecule is CC=NNC(=O)Nc1cc(F)cc(F)c1. The molecule has 1 rings (SSSR count). The Labute approximate surface area is 85.0 Å². The average molecular weight is 213 g/mol. The third-order valence-corrected chi connectivity index (χ3v) is 1.42. The number of halogens is 2. The van der Waals surface area contributed by atoms with Crippen molar-refractivity contribution in [1.29, 1.82) is 0 Å². The molecule has 4 nitrogen and oxygen atoms in total. The molecule has 0 heterocycles. The molecule has 0 aliphatic rings. The summed E-state index contributed by atoms with van der Waals surface area (Å²) >= 11 is 0. The number of carbonyl (C=O) groups is 1. The molecular weight excluding hydrogens is 204 g/mol. The van der Waals surface area contributed by atoms with Gasteiger partial charge >= 0.3 is 6.03 Å². The van der Waals surface area contributed by atoms with Gasteiger partial charge in [-0.15, -0.1) is 0 Å². The lowest BCUT2D eigenvalue weighted by molar-refractivity contribution is 0.252. The van der Waals surface area contributed by atoms with E-state index in [1.807, 2.05) is 0 Å². The molecule has 6 heteroatoms. The number of hydrogen-bond acceptors (Lipinski definition) is 2. The van der Waals surface area contributed by atoms with Crippen LogP contribution in [-0.4, -0.2) is 12.2 Å². The van der Waals surface area contributed by atoms with Crippen molar-refractivity contribution in [2.75, 3.05) is 5.32 Å². The Kier molecular flexibility index (Phi) is 3.73. The maximum atomic E-state index is 12.7. The number of carbonyl (C=O) groups excluding carboxylic acids is 1. The van der Waals surface area contributed by atoms with Crippen molar-refractivity contribution in [1.82, 2.24) is 5.43 Å². The first-order chi connectivity index (χ1) is 7.11. The van der Waals surface area contributed by atoms with Gasteiger partial charge in [-0.25, -0.2) is 19.0 Å². The first-order valence-corrected chi connectivity index (χ1v) is 4.12. The summed E-state index contributed by atoms with van der Waals surface area (Å²) in [6.45, 7) is 1.61. The number of nitrogens with one attached hydrogen (secondary N) is 2. The third kappa shape index (κ3) is 3.72. The monoisotopic (exact) mass is 213 g/mol. The zero-order valence-corrected chi connectivity index (χ0v) is 7.92. The first kappa shape index (κ1) is 11.1. The lowest BCUT2D eigenvalue weighted by atomic mass is 10.3. The van der Waals surface area contributed by atoms with Crippen molar-refractivity contribution in [3.8, 4) is 0 Å². The van der Waals surface area contributed by atoms with E-state index in [-0.39, 0.29) is 5.69 Å². The van der Waals surface area contributed by atoms with E-state index in [0.29, 0.717) is 6.07 Å². The maximum absolute atomic E-state index is 12.7. The van der Waals surface area contributed by atoms with Gasteiger partial charge in [0.2, 0.25) is 0 Å². The highest BCUT2D eigenvalue weighted by molar-refractivity contribution is 5.89. The van der Waals surface area contributed by atoms with Gasteiger partial charge in [-0.3, -0.25) is 0 Å². The highest BCUT2D eigenvalue weighted by Crippen LogP contribution is 2.12. The summed E-state index contributed by atoms with van der Waals surface area (Å²) < 4.78 is 25.4. The van der Waals surface area contributed by atoms with Crippen LogP contribution in [0.15, 0.2) is 23.3 Å². The number of hydrogen-bond donors (Lipinski definition) is 2. The largest absolute Gasteiger partial charge is 0.339 e. The molecular formula is C9H9F2N3O. The minimum Gasteiger partial charge on any atom is -0.306 e. The molecule has 0 aromatic heterocycles. The summed E-state index contributed by atoms with van der Waals surface area (Å²) in [7, 11) is 0. The topological polar surface area (TPSA) is 53.5 Å². The van der Waals surface area contributed by atoms with Crippen LogP contribution in [0.4, 0.5) is 19.3 Å². The van der Waals surface area contributed by atoms with Crippen LogP contribution in [-0.2, 0) is 0 Å². The van der Waals surface area contributed by atoms with E-state index in [4.69, 9.17) is 0 Å². The van der Waals surface area contributed by atoms with E-state index >= 15 is 0 Å². The average Bonchev–Trinajstić information content (AvgIpc) is 2.13. The molecule has 0 fully saturated rings. The first-order valence-electron chi connectivity index (χ1n) is 4.12. The van der Waals surface area contributed by atoms with Crippen molar-refractivity contribution in [2.45, 2.75) is 6.92 Å². The molecule has 2 amide bonds. The van der Waals surface area contributed by atoms with E-state index in [1.54, 1.807) is 6.92 Å². The molecule has 0 aliphatic carbocycles. The second-order valence-electron chi connectivity index (χ2n) is 2.61. The summed E-state index contributed by atoms with van der Waals surface area (Å²) in [4.78, 5) is 11.0. The standard InChI is InChI=1S/C9H9F2N3O/c1-2-12-14-9(15)13-8-4-6(10)3-7(11)5-8/h2-5H,1H3,(H2,13,14,15). The molecule has 0 spiro atoms. The third-order valence-electron chi connectivity index (χ3n) is 1.42. The molecule has 0 saturated heterocycles. The van der Waals surface area contributed by atoms with Crippen LogP contribution in [0.2, 0.25) is 0 Å². The minimum atomic E-state index is -0.760. The van der Waals surface area contributed by atoms with Crippen LogP contribution in [0.5, 0.6) is 0 Å². The van der Waals surface area contributed by atoms with Crippen molar-refractivity contribution < 1.29 is 13.6 Å². The quantitative estimate of drug-likeness (QED) is 0.573. The molecule has 0 radical (unpaired) electrons. The summed E-state index contributed by atoms with van der Waals surface area (Å²) in [6, 6.07) is 2.04. The van der Waals surface area contributed by atoms with Crippen molar-refractivity contribution in [2.24, 2.45) is 5.10 Å². The van der Waals surface area contributed by atoms with E-state index in [1.165, 1.54) is 6.21 Å². The molecule has 1 aromatic carbocycles. The predicted octanol–water partition coefficient (Wildman–Crippen LogP) is 2.09. The van der Waals surface area contributed by atoms with E-state index in [9.17, 15) is 13.6 Å². The zero-order valence-electron chi connectivity index (χ0n) is 7.92. The minimum absolute atomic E-state index is 0.0244. The second-order valence-corrected chi connectivity index (χ2v) is 2.61. The lowest BCUT2D eigenvalue weighted by Crippen LogP contribution is -2.24. The maximum Gasteiger partial charge on any atom is 0.339 e. The van der Waals surface area contributed by atoms with E-state index in [0.717, 1.165) is 12.1 Å². The smallest absolute Gasteiger partial charge is 0.306 e. The van der Waals surface area contributed by atoms with Gasteiger partial charge in [0.1, 0.15) is 11.6 Å². The van der Waals surface area contributed by atoms with E-state index < -0.39 is 17.7 Å². The Bertz CT molecular complexity index is 373. The number of amides is 2. The van der Waals surface area contributed by atoms with E-state index in [2.05, 4.69) is 15.8 Å². The highest BCUT2D eigenvalue weighted by Gasteiger charge is 2.03. The van der Waals surface area contributed by atoms with Crippen LogP contribution < -0.4 is 10.7 Å². The fourth-order valence-corrected chi connectivity index (χ4v) is 0.908. The van der Waals surface area contributed by atoms with Gasteiger partial charge in [0.15, 0.2) is 0 Å². The molecule has 0 saturated carbocycles. The Hall–Kier alpha value is -1.98. The van der Waals surface area contributed by atoms with Crippen molar-refractivity contribution >= 4 is 17.9 Å². The normalized spacial score (nSPS) is 10.3. The lowest BCUT2D eigenvalue weighted by Gasteiger charge is -2.03. The highest BCUT2D eigenvalue weighted by atomic mass is 19.1. The van der Waals surface area contributed by atoms with Crippen LogP contribution >= 0.6 is 0 Å². The summed E-state index contributed by atoms with van der Waals surface area (Å²) in [5.74, 6) is -1.52. The molecule has 15 heavy (non-hydrogen) atoms. The number of benzene rings is 1. The van der Waals surface area contributed by atoms with Crippen LogP contribution in [0.1, 0.15) is 6.92 Å². The van der Waals surface area contributed by atoms with Gasteiger partial charge in [0, 0.05) is 18.0 Å². The molecule has 0 bridgehead atoms. The van der Waals surface area contributed by atoms with Crippen LogP contribution in [0, 0.1) is 11.6 Å². The van der Waals surface area contributed by atoms with Gasteiger partial charge in [-0.1, -0.05) is 0 Å². The zero-order chi connectivity index (χ0) is 11.3. The Morgan fingerprint density at radius 3 is 2.47 bits per heavy atom. The number of anilines is 1. The predicted molar refractivity (Wildman–Crippen MR) is 52.7 cm³/mol. The van der Waals surface area contributed by atoms with Gasteiger partial charge in [-0.05, 0) is 19.1 Å². The molecule has 1 aromatic rings. The second kappa shape index (κ2) is 5.04. The molecule has 80 valence electrons. The summed E-state index contributed by atoms with van der Waals surface area (Å²) in [5, 5.41) is 5.65. The molecule has 0 atom stereocenters. The molecule has 0 aliphatic heterocycles. The Morgan fingerprint density at radius 2 is 1.93 bits per heavy atom.